The van der Waals surface area contributed by atoms with E-state index in [-0.39, 0.29) is 17.9 Å². The van der Waals surface area contributed by atoms with E-state index in [4.69, 9.17) is 19.8 Å². The normalized spacial score (nSPS) is 14.5. The predicted molar refractivity (Wildman–Crippen MR) is 124 cm³/mol. The number of carboxylic acids is 1. The Labute approximate surface area is 193 Å². The second-order valence-corrected chi connectivity index (χ2v) is 8.08. The van der Waals surface area contributed by atoms with E-state index in [1.165, 1.54) is 6.20 Å². The fraction of sp³-hybridized carbons (Fsp3) is 0.417. The van der Waals surface area contributed by atoms with E-state index in [0.29, 0.717) is 35.9 Å². The number of pyridine rings is 1. The van der Waals surface area contributed by atoms with Crippen LogP contribution in [0.1, 0.15) is 46.4 Å². The van der Waals surface area contributed by atoms with Crippen LogP contribution >= 0.6 is 0 Å². The number of aliphatic carboxylic acids is 1. The monoisotopic (exact) mass is 454 g/mol. The van der Waals surface area contributed by atoms with Crippen molar-refractivity contribution >= 4 is 18.1 Å². The van der Waals surface area contributed by atoms with Gasteiger partial charge in [0.1, 0.15) is 11.6 Å². The summed E-state index contributed by atoms with van der Waals surface area (Å²) < 4.78 is 10.3. The third-order valence-electron chi connectivity index (χ3n) is 5.31. The first-order chi connectivity index (χ1) is 15.8. The first-order valence-corrected chi connectivity index (χ1v) is 10.5. The molecule has 2 aromatic rings. The second kappa shape index (κ2) is 11.9. The standard InChI is InChI=1S/C17H17N3O2.C7H13NO3/c1-11-6-14(10-21)9-19-17(11)20-12(2)15-7-13(8-18)4-5-16(15)22-3;1-8-3-7(2-6(9)10)4-11-5-7/h4-7,9-10,12H,1-3H3,(H,19,20);8H,2-5H2,1H3,(H,9,10)/t12-;/m0./s1. The predicted octanol–water partition coefficient (Wildman–Crippen LogP) is 2.95. The Hall–Kier alpha value is -3.48. The SMILES string of the molecule is CNCC1(CC(=O)O)COC1.COc1ccc(C#N)cc1[C@H](C)Nc1ncc(C=O)cc1C. The number of hydrogen-bond donors (Lipinski definition) is 3. The molecule has 1 aromatic heterocycles. The van der Waals surface area contributed by atoms with Crippen LogP contribution in [0.15, 0.2) is 30.5 Å². The topological polar surface area (TPSA) is 134 Å². The summed E-state index contributed by atoms with van der Waals surface area (Å²) in [6.07, 6.45) is 2.50. The van der Waals surface area contributed by atoms with Crippen LogP contribution in [-0.4, -0.2) is 56.3 Å². The lowest BCUT2D eigenvalue weighted by Gasteiger charge is -2.40. The Morgan fingerprint density at radius 3 is 2.64 bits per heavy atom. The number of hydrogen-bond acceptors (Lipinski definition) is 8. The molecule has 1 aliphatic rings. The van der Waals surface area contributed by atoms with E-state index in [1.54, 1.807) is 31.4 Å². The number of rotatable bonds is 9. The minimum Gasteiger partial charge on any atom is -0.496 e. The third kappa shape index (κ3) is 7.00. The molecule has 9 nitrogen and oxygen atoms in total. The molecular weight excluding hydrogens is 424 g/mol. The average molecular weight is 455 g/mol. The van der Waals surface area contributed by atoms with Gasteiger partial charge in [-0.1, -0.05) is 0 Å². The molecule has 1 fully saturated rings. The van der Waals surface area contributed by atoms with Gasteiger partial charge in [-0.2, -0.15) is 5.26 Å². The molecule has 0 amide bonds. The van der Waals surface area contributed by atoms with E-state index in [1.807, 2.05) is 20.9 Å². The van der Waals surface area contributed by atoms with Crippen LogP contribution in [0.5, 0.6) is 5.75 Å². The molecule has 0 spiro atoms. The second-order valence-electron chi connectivity index (χ2n) is 8.08. The Kier molecular flexibility index (Phi) is 9.33. The summed E-state index contributed by atoms with van der Waals surface area (Å²) in [5, 5.41) is 23.9. The van der Waals surface area contributed by atoms with Crippen LogP contribution < -0.4 is 15.4 Å². The molecule has 176 valence electrons. The molecule has 3 N–H and O–H groups in total. The summed E-state index contributed by atoms with van der Waals surface area (Å²) in [7, 11) is 3.42. The highest BCUT2D eigenvalue weighted by Crippen LogP contribution is 2.30. The molecule has 1 atom stereocenters. The van der Waals surface area contributed by atoms with Crippen LogP contribution in [0.3, 0.4) is 0 Å². The van der Waals surface area contributed by atoms with Crippen LogP contribution in [0.25, 0.3) is 0 Å². The lowest BCUT2D eigenvalue weighted by Crippen LogP contribution is -2.50. The average Bonchev–Trinajstić information content (AvgIpc) is 2.78. The molecule has 0 bridgehead atoms. The highest BCUT2D eigenvalue weighted by Gasteiger charge is 2.39. The molecular formula is C24H30N4O5. The Morgan fingerprint density at radius 1 is 1.42 bits per heavy atom. The van der Waals surface area contributed by atoms with E-state index >= 15 is 0 Å². The van der Waals surface area contributed by atoms with Gasteiger partial charge in [0.25, 0.3) is 0 Å². The van der Waals surface area contributed by atoms with Crippen LogP contribution in [0, 0.1) is 23.7 Å². The maximum atomic E-state index is 10.8. The van der Waals surface area contributed by atoms with Crippen molar-refractivity contribution in [2.75, 3.05) is 39.2 Å². The van der Waals surface area contributed by atoms with E-state index in [9.17, 15) is 9.59 Å². The van der Waals surface area contributed by atoms with Gasteiger partial charge in [0, 0.05) is 29.3 Å². The number of benzene rings is 1. The molecule has 1 aromatic carbocycles. The number of anilines is 1. The summed E-state index contributed by atoms with van der Waals surface area (Å²) in [6.45, 7) is 5.71. The lowest BCUT2D eigenvalue weighted by molar-refractivity contribution is -0.155. The minimum absolute atomic E-state index is 0.100. The first kappa shape index (κ1) is 25.8. The number of ether oxygens (including phenoxy) is 2. The summed E-state index contributed by atoms with van der Waals surface area (Å²) in [4.78, 5) is 25.4. The molecule has 2 heterocycles. The summed E-state index contributed by atoms with van der Waals surface area (Å²) >= 11 is 0. The summed E-state index contributed by atoms with van der Waals surface area (Å²) in [6, 6.07) is 9.10. The number of aryl methyl sites for hydroxylation is 1. The number of nitrogens with one attached hydrogen (secondary N) is 2. The van der Waals surface area contributed by atoms with Crippen LogP contribution in [0.2, 0.25) is 0 Å². The fourth-order valence-electron chi connectivity index (χ4n) is 3.59. The van der Waals surface area contributed by atoms with Gasteiger partial charge in [0.05, 0.1) is 44.4 Å². The fourth-order valence-corrected chi connectivity index (χ4v) is 3.59. The van der Waals surface area contributed by atoms with Gasteiger partial charge in [-0.15, -0.1) is 0 Å². The van der Waals surface area contributed by atoms with Crippen LogP contribution in [-0.2, 0) is 9.53 Å². The van der Waals surface area contributed by atoms with Crippen molar-refractivity contribution in [1.29, 1.82) is 5.26 Å². The maximum Gasteiger partial charge on any atom is 0.304 e. The van der Waals surface area contributed by atoms with Gasteiger partial charge in [0.2, 0.25) is 0 Å². The van der Waals surface area contributed by atoms with Crippen LogP contribution in [0.4, 0.5) is 5.82 Å². The molecule has 0 saturated carbocycles. The summed E-state index contributed by atoms with van der Waals surface area (Å²) in [5.74, 6) is 0.659. The number of carbonyl (C=O) groups is 2. The number of aldehydes is 1. The molecule has 3 rings (SSSR count). The van der Waals surface area contributed by atoms with E-state index in [0.717, 1.165) is 24.0 Å². The van der Waals surface area contributed by atoms with Gasteiger partial charge >= 0.3 is 5.97 Å². The molecule has 0 aliphatic carbocycles. The van der Waals surface area contributed by atoms with E-state index in [2.05, 4.69) is 21.7 Å². The van der Waals surface area contributed by atoms with Crippen molar-refractivity contribution in [2.24, 2.45) is 5.41 Å². The minimum atomic E-state index is -0.747. The Balaban J connectivity index is 0.000000294. The Bertz CT molecular complexity index is 1010. The van der Waals surface area contributed by atoms with Gasteiger partial charge < -0.3 is 25.2 Å². The highest BCUT2D eigenvalue weighted by molar-refractivity contribution is 5.75. The van der Waals surface area contributed by atoms with Gasteiger partial charge in [-0.25, -0.2) is 4.98 Å². The zero-order valence-corrected chi connectivity index (χ0v) is 19.3. The maximum absolute atomic E-state index is 10.8. The van der Waals surface area contributed by atoms with Crippen molar-refractivity contribution in [1.82, 2.24) is 10.3 Å². The molecule has 0 unspecified atom stereocenters. The first-order valence-electron chi connectivity index (χ1n) is 10.5. The number of nitrogens with zero attached hydrogens (tertiary/aromatic N) is 2. The number of aromatic nitrogens is 1. The summed E-state index contributed by atoms with van der Waals surface area (Å²) in [5.41, 5.74) is 2.74. The van der Waals surface area contributed by atoms with E-state index < -0.39 is 5.97 Å². The third-order valence-corrected chi connectivity index (χ3v) is 5.31. The van der Waals surface area contributed by atoms with Crippen molar-refractivity contribution in [2.45, 2.75) is 26.3 Å². The van der Waals surface area contributed by atoms with Gasteiger partial charge in [-0.3, -0.25) is 9.59 Å². The van der Waals surface area contributed by atoms with Gasteiger partial charge in [0.15, 0.2) is 6.29 Å². The molecule has 1 saturated heterocycles. The van der Waals surface area contributed by atoms with Crippen molar-refractivity contribution in [3.05, 3.63) is 52.7 Å². The molecule has 0 radical (unpaired) electrons. The van der Waals surface area contributed by atoms with Crippen molar-refractivity contribution < 1.29 is 24.2 Å². The number of nitriles is 1. The Morgan fingerprint density at radius 2 is 2.15 bits per heavy atom. The molecule has 9 heteroatoms. The van der Waals surface area contributed by atoms with Gasteiger partial charge in [-0.05, 0) is 50.7 Å². The smallest absolute Gasteiger partial charge is 0.304 e. The van der Waals surface area contributed by atoms with Crippen molar-refractivity contribution in [3.8, 4) is 11.8 Å². The molecule has 1 aliphatic heterocycles. The zero-order chi connectivity index (χ0) is 24.4. The zero-order valence-electron chi connectivity index (χ0n) is 19.3. The molecule has 33 heavy (non-hydrogen) atoms. The largest absolute Gasteiger partial charge is 0.496 e. The highest BCUT2D eigenvalue weighted by atomic mass is 16.5. The number of carbonyl (C=O) groups excluding carboxylic acids is 1. The number of carboxylic acid groups (broad SMARTS) is 1. The quantitative estimate of drug-likeness (QED) is 0.489. The number of methoxy groups -OCH3 is 1. The van der Waals surface area contributed by atoms with Crippen molar-refractivity contribution in [3.63, 3.8) is 0 Å². The lowest BCUT2D eigenvalue weighted by atomic mass is 9.82.